The summed E-state index contributed by atoms with van der Waals surface area (Å²) in [6, 6.07) is 4.59. The molecular formula is C16H22ClFN2O3. The number of nitrogens with zero attached hydrogens (tertiary/aromatic N) is 1. The minimum absolute atomic E-state index is 0.0596. The van der Waals surface area contributed by atoms with Gasteiger partial charge in [-0.3, -0.25) is 4.79 Å². The van der Waals surface area contributed by atoms with Gasteiger partial charge >= 0.3 is 0 Å². The smallest absolute Gasteiger partial charge is 0.219 e. The van der Waals surface area contributed by atoms with Gasteiger partial charge in [0.15, 0.2) is 0 Å². The molecule has 1 saturated heterocycles. The largest absolute Gasteiger partial charge is 0.372 e. The number of rotatable bonds is 4. The highest BCUT2D eigenvalue weighted by atomic mass is 35.5. The van der Waals surface area contributed by atoms with Crippen LogP contribution in [0.25, 0.3) is 0 Å². The zero-order chi connectivity index (χ0) is 17.0. The highest BCUT2D eigenvalue weighted by Crippen LogP contribution is 2.35. The van der Waals surface area contributed by atoms with E-state index in [1.54, 1.807) is 25.1 Å². The maximum absolute atomic E-state index is 13.9. The highest BCUT2D eigenvalue weighted by molar-refractivity contribution is 6.30. The summed E-state index contributed by atoms with van der Waals surface area (Å²) in [5.74, 6) is -0.582. The van der Waals surface area contributed by atoms with Crippen LogP contribution >= 0.6 is 11.6 Å². The highest BCUT2D eigenvalue weighted by Gasteiger charge is 2.43. The molecule has 0 saturated carbocycles. The van der Waals surface area contributed by atoms with Crippen LogP contribution in [0.1, 0.15) is 18.6 Å². The number of likely N-dealkylation sites (N-methyl/N-ethyl adjacent to an activating group) is 1. The second-order valence-electron chi connectivity index (χ2n) is 5.75. The predicted molar refractivity (Wildman–Crippen MR) is 86.0 cm³/mol. The number of amides is 1. The molecule has 0 bridgehead atoms. The van der Waals surface area contributed by atoms with Crippen LogP contribution < -0.4 is 5.32 Å². The molecule has 1 N–H and O–H groups in total. The van der Waals surface area contributed by atoms with E-state index in [4.69, 9.17) is 21.1 Å². The lowest BCUT2D eigenvalue weighted by atomic mass is 9.89. The van der Waals surface area contributed by atoms with Gasteiger partial charge in [-0.15, -0.1) is 0 Å². The van der Waals surface area contributed by atoms with Gasteiger partial charge in [-0.1, -0.05) is 17.7 Å². The summed E-state index contributed by atoms with van der Waals surface area (Å²) in [4.78, 5) is 13.2. The van der Waals surface area contributed by atoms with Gasteiger partial charge in [0.25, 0.3) is 0 Å². The van der Waals surface area contributed by atoms with E-state index in [9.17, 15) is 9.18 Å². The molecule has 1 fully saturated rings. The molecular weight excluding hydrogens is 323 g/mol. The molecule has 1 heterocycles. The number of carbonyl (C=O) groups is 1. The summed E-state index contributed by atoms with van der Waals surface area (Å²) >= 11 is 5.77. The van der Waals surface area contributed by atoms with Crippen molar-refractivity contribution in [3.63, 3.8) is 0 Å². The van der Waals surface area contributed by atoms with E-state index < -0.39 is 17.5 Å². The van der Waals surface area contributed by atoms with Gasteiger partial charge in [-0.2, -0.15) is 0 Å². The lowest BCUT2D eigenvalue weighted by Gasteiger charge is -2.40. The average Bonchev–Trinajstić information content (AvgIpc) is 2.73. The van der Waals surface area contributed by atoms with Crippen LogP contribution in [-0.2, 0) is 14.3 Å². The third kappa shape index (κ3) is 4.01. The van der Waals surface area contributed by atoms with Crippen LogP contribution in [0.3, 0.4) is 0 Å². The Morgan fingerprint density at radius 3 is 2.96 bits per heavy atom. The summed E-state index contributed by atoms with van der Waals surface area (Å²) in [6.07, 6.45) is -0.518. The number of hydrogen-bond donors (Lipinski definition) is 1. The summed E-state index contributed by atoms with van der Waals surface area (Å²) < 4.78 is 25.6. The Bertz CT molecular complexity index is 572. The van der Waals surface area contributed by atoms with Crippen LogP contribution in [0.2, 0.25) is 5.02 Å². The van der Waals surface area contributed by atoms with E-state index in [0.717, 1.165) is 0 Å². The minimum Gasteiger partial charge on any atom is -0.372 e. The van der Waals surface area contributed by atoms with Gasteiger partial charge in [0.1, 0.15) is 17.5 Å². The number of methoxy groups -OCH3 is 1. The number of ether oxygens (including phenoxy) is 2. The molecule has 1 aromatic carbocycles. The SMILES string of the molecule is COC1(CN(C)C(C)=O)CNCCOC1c1ccc(Cl)c(F)c1. The lowest BCUT2D eigenvalue weighted by molar-refractivity contribution is -0.145. The fourth-order valence-electron chi connectivity index (χ4n) is 2.76. The fraction of sp³-hybridized carbons (Fsp3) is 0.562. The molecule has 0 aliphatic carbocycles. The number of hydrogen-bond acceptors (Lipinski definition) is 4. The Labute approximate surface area is 140 Å². The van der Waals surface area contributed by atoms with Crippen LogP contribution in [0.4, 0.5) is 4.39 Å². The first-order valence-electron chi connectivity index (χ1n) is 7.44. The Hall–Kier alpha value is -1.21. The maximum atomic E-state index is 13.9. The van der Waals surface area contributed by atoms with Crippen molar-refractivity contribution in [2.75, 3.05) is 40.4 Å². The quantitative estimate of drug-likeness (QED) is 0.907. The molecule has 128 valence electrons. The standard InChI is InChI=1S/C16H22ClFN2O3/c1-11(21)20(2)10-16(22-3)9-19-6-7-23-15(16)12-4-5-13(17)14(18)8-12/h4-5,8,15,19H,6-7,9-10H2,1-3H3. The first-order chi connectivity index (χ1) is 10.9. The second-order valence-corrected chi connectivity index (χ2v) is 6.15. The van der Waals surface area contributed by atoms with Gasteiger partial charge in [0, 0.05) is 34.2 Å². The van der Waals surface area contributed by atoms with E-state index in [1.165, 1.54) is 19.1 Å². The molecule has 0 aromatic heterocycles. The van der Waals surface area contributed by atoms with E-state index in [2.05, 4.69) is 5.32 Å². The van der Waals surface area contributed by atoms with Crippen molar-refractivity contribution in [1.29, 1.82) is 0 Å². The van der Waals surface area contributed by atoms with Crippen molar-refractivity contribution in [2.45, 2.75) is 18.6 Å². The lowest BCUT2D eigenvalue weighted by Crippen LogP contribution is -2.54. The predicted octanol–water partition coefficient (Wildman–Crippen LogP) is 2.00. The third-order valence-corrected chi connectivity index (χ3v) is 4.47. The zero-order valence-corrected chi connectivity index (χ0v) is 14.3. The Morgan fingerprint density at radius 1 is 1.61 bits per heavy atom. The molecule has 7 heteroatoms. The Kier molecular flexibility index (Phi) is 5.97. The molecule has 2 unspecified atom stereocenters. The van der Waals surface area contributed by atoms with Crippen molar-refractivity contribution >= 4 is 17.5 Å². The van der Waals surface area contributed by atoms with Crippen LogP contribution in [0.15, 0.2) is 18.2 Å². The van der Waals surface area contributed by atoms with E-state index in [-0.39, 0.29) is 10.9 Å². The second kappa shape index (κ2) is 7.57. The molecule has 5 nitrogen and oxygen atoms in total. The zero-order valence-electron chi connectivity index (χ0n) is 13.6. The molecule has 1 aliphatic rings. The number of carbonyl (C=O) groups excluding carboxylic acids is 1. The summed E-state index contributed by atoms with van der Waals surface area (Å²) in [7, 11) is 3.27. The minimum atomic E-state index is -0.822. The van der Waals surface area contributed by atoms with Crippen LogP contribution in [-0.4, -0.2) is 56.8 Å². The van der Waals surface area contributed by atoms with Crippen LogP contribution in [0, 0.1) is 5.82 Å². The van der Waals surface area contributed by atoms with E-state index >= 15 is 0 Å². The fourth-order valence-corrected chi connectivity index (χ4v) is 2.88. The van der Waals surface area contributed by atoms with Crippen molar-refractivity contribution in [1.82, 2.24) is 10.2 Å². The summed E-state index contributed by atoms with van der Waals surface area (Å²) in [6.45, 7) is 3.41. The van der Waals surface area contributed by atoms with Gasteiger partial charge < -0.3 is 19.7 Å². The molecule has 1 amide bonds. The molecule has 2 rings (SSSR count). The van der Waals surface area contributed by atoms with Crippen molar-refractivity contribution < 1.29 is 18.7 Å². The number of benzene rings is 1. The average molecular weight is 345 g/mol. The Balaban J connectivity index is 2.40. The van der Waals surface area contributed by atoms with Crippen molar-refractivity contribution in [2.24, 2.45) is 0 Å². The normalized spacial score (nSPS) is 25.0. The molecule has 1 aromatic rings. The van der Waals surface area contributed by atoms with Crippen molar-refractivity contribution in [3.05, 3.63) is 34.6 Å². The van der Waals surface area contributed by atoms with E-state index in [1.807, 2.05) is 0 Å². The molecule has 2 atom stereocenters. The molecule has 23 heavy (non-hydrogen) atoms. The van der Waals surface area contributed by atoms with Gasteiger partial charge in [0.2, 0.25) is 5.91 Å². The molecule has 1 aliphatic heterocycles. The number of halogens is 2. The summed E-state index contributed by atoms with van der Waals surface area (Å²) in [5.41, 5.74) is -0.189. The van der Waals surface area contributed by atoms with Crippen molar-refractivity contribution in [3.8, 4) is 0 Å². The first kappa shape index (κ1) is 18.1. The van der Waals surface area contributed by atoms with Crippen LogP contribution in [0.5, 0.6) is 0 Å². The van der Waals surface area contributed by atoms with Gasteiger partial charge in [-0.05, 0) is 17.7 Å². The van der Waals surface area contributed by atoms with Gasteiger partial charge in [0.05, 0.1) is 18.2 Å². The first-order valence-corrected chi connectivity index (χ1v) is 7.81. The molecule has 0 radical (unpaired) electrons. The van der Waals surface area contributed by atoms with Gasteiger partial charge in [-0.25, -0.2) is 4.39 Å². The molecule has 0 spiro atoms. The maximum Gasteiger partial charge on any atom is 0.219 e. The summed E-state index contributed by atoms with van der Waals surface area (Å²) in [5, 5.41) is 3.31. The number of nitrogens with one attached hydrogen (secondary N) is 1. The third-order valence-electron chi connectivity index (χ3n) is 4.16. The monoisotopic (exact) mass is 344 g/mol. The Morgan fingerprint density at radius 2 is 2.35 bits per heavy atom. The topological polar surface area (TPSA) is 50.8 Å². The van der Waals surface area contributed by atoms with E-state index in [0.29, 0.717) is 31.8 Å².